The number of carbonyl (C=O) groups excluding carboxylic acids is 1. The maximum Gasteiger partial charge on any atom is 0.190 e. The highest BCUT2D eigenvalue weighted by Gasteiger charge is 2.14. The van der Waals surface area contributed by atoms with Crippen molar-refractivity contribution in [3.63, 3.8) is 0 Å². The number of rotatable bonds is 1. The third kappa shape index (κ3) is 5.12. The SMILES string of the molecule is CC1=CC(=CN(C)O)C(=O)C(C)=C1.II. The molecule has 0 unspecified atom stereocenters. The molecular weight excluding hydrogens is 420 g/mol. The molecule has 0 radical (unpaired) electrons. The van der Waals surface area contributed by atoms with Crippen molar-refractivity contribution in [2.75, 3.05) is 7.05 Å². The first-order valence-corrected chi connectivity index (χ1v) is 10.5. The van der Waals surface area contributed by atoms with Gasteiger partial charge in [-0.15, -0.1) is 0 Å². The highest BCUT2D eigenvalue weighted by Crippen LogP contribution is 2.18. The van der Waals surface area contributed by atoms with Gasteiger partial charge in [0.05, 0.1) is 0 Å². The van der Waals surface area contributed by atoms with E-state index in [-0.39, 0.29) is 5.78 Å². The van der Waals surface area contributed by atoms with Crippen LogP contribution < -0.4 is 0 Å². The van der Waals surface area contributed by atoms with Crippen LogP contribution in [0, 0.1) is 0 Å². The fourth-order valence-corrected chi connectivity index (χ4v) is 1.28. The molecule has 15 heavy (non-hydrogen) atoms. The standard InChI is InChI=1S/C10H13NO2.I2/c1-7-4-8(2)10(12)9(5-7)6-11(3)13;1-2/h4-6,13H,1-3H3;. The Kier molecular flexibility index (Phi) is 7.45. The summed E-state index contributed by atoms with van der Waals surface area (Å²) >= 11 is 4.24. The van der Waals surface area contributed by atoms with Crippen molar-refractivity contribution in [3.8, 4) is 0 Å². The van der Waals surface area contributed by atoms with Gasteiger partial charge >= 0.3 is 0 Å². The number of hydrogen-bond acceptors (Lipinski definition) is 3. The Morgan fingerprint density at radius 1 is 1.33 bits per heavy atom. The number of allylic oxidation sites excluding steroid dienone is 5. The van der Waals surface area contributed by atoms with E-state index in [1.165, 1.54) is 13.2 Å². The Hall–Kier alpha value is 0.110. The Bertz CT molecular complexity index is 330. The van der Waals surface area contributed by atoms with Crippen LogP contribution >= 0.6 is 37.2 Å². The van der Waals surface area contributed by atoms with Crippen molar-refractivity contribution in [1.82, 2.24) is 5.06 Å². The number of halogens is 2. The summed E-state index contributed by atoms with van der Waals surface area (Å²) in [5.74, 6) is -0.0356. The van der Waals surface area contributed by atoms with E-state index in [0.717, 1.165) is 10.6 Å². The molecule has 0 atom stereocenters. The molecule has 1 N–H and O–H groups in total. The van der Waals surface area contributed by atoms with Gasteiger partial charge in [-0.1, -0.05) is 6.08 Å². The molecule has 0 aromatic rings. The molecule has 0 saturated heterocycles. The van der Waals surface area contributed by atoms with E-state index in [1.807, 2.05) is 13.0 Å². The normalized spacial score (nSPS) is 17.7. The molecule has 0 aliphatic heterocycles. The number of carbonyl (C=O) groups is 1. The lowest BCUT2D eigenvalue weighted by Gasteiger charge is -2.11. The predicted molar refractivity (Wildman–Crippen MR) is 78.2 cm³/mol. The third-order valence-corrected chi connectivity index (χ3v) is 1.77. The summed E-state index contributed by atoms with van der Waals surface area (Å²) in [6.45, 7) is 3.69. The van der Waals surface area contributed by atoms with Gasteiger partial charge in [0.2, 0.25) is 0 Å². The van der Waals surface area contributed by atoms with Crippen LogP contribution in [0.5, 0.6) is 0 Å². The molecule has 0 bridgehead atoms. The van der Waals surface area contributed by atoms with Gasteiger partial charge in [0.15, 0.2) is 5.78 Å². The monoisotopic (exact) mass is 433 g/mol. The molecule has 0 spiro atoms. The molecule has 1 rings (SSSR count). The summed E-state index contributed by atoms with van der Waals surface area (Å²) in [6, 6.07) is 0. The van der Waals surface area contributed by atoms with Crippen molar-refractivity contribution < 1.29 is 10.0 Å². The van der Waals surface area contributed by atoms with E-state index >= 15 is 0 Å². The zero-order valence-electron chi connectivity index (χ0n) is 8.79. The fraction of sp³-hybridized carbons (Fsp3) is 0.300. The van der Waals surface area contributed by atoms with E-state index in [9.17, 15) is 4.79 Å². The summed E-state index contributed by atoms with van der Waals surface area (Å²) in [6.07, 6.45) is 4.99. The number of nitrogens with zero attached hydrogens (tertiary/aromatic N) is 1. The minimum atomic E-state index is -0.0356. The van der Waals surface area contributed by atoms with Crippen LogP contribution in [-0.2, 0) is 4.79 Å². The first-order chi connectivity index (χ1) is 7.00. The molecule has 0 saturated carbocycles. The Labute approximate surface area is 113 Å². The minimum Gasteiger partial charge on any atom is -0.289 e. The van der Waals surface area contributed by atoms with Gasteiger partial charge in [0, 0.05) is 56.1 Å². The first kappa shape index (κ1) is 15.1. The van der Waals surface area contributed by atoms with Crippen LogP contribution in [0.3, 0.4) is 0 Å². The molecule has 0 aromatic carbocycles. The molecule has 1 aliphatic carbocycles. The van der Waals surface area contributed by atoms with Crippen molar-refractivity contribution in [2.45, 2.75) is 13.8 Å². The van der Waals surface area contributed by atoms with Crippen molar-refractivity contribution in [3.05, 3.63) is 35.1 Å². The molecule has 0 amide bonds. The first-order valence-electron chi connectivity index (χ1n) is 4.20. The summed E-state index contributed by atoms with van der Waals surface area (Å²) in [4.78, 5) is 11.5. The van der Waals surface area contributed by atoms with Gasteiger partial charge in [-0.05, 0) is 31.1 Å². The van der Waals surface area contributed by atoms with E-state index in [1.54, 1.807) is 13.0 Å². The molecule has 0 fully saturated rings. The molecule has 0 aromatic heterocycles. The Morgan fingerprint density at radius 3 is 2.33 bits per heavy atom. The summed E-state index contributed by atoms with van der Waals surface area (Å²) in [5, 5.41) is 9.84. The molecule has 84 valence electrons. The number of hydrogen-bond donors (Lipinski definition) is 1. The lowest BCUT2D eigenvalue weighted by Crippen LogP contribution is -2.12. The maximum atomic E-state index is 11.5. The lowest BCUT2D eigenvalue weighted by molar-refractivity contribution is -0.112. The van der Waals surface area contributed by atoms with Crippen LogP contribution in [0.2, 0.25) is 0 Å². The van der Waals surface area contributed by atoms with Crippen LogP contribution in [0.15, 0.2) is 35.1 Å². The second-order valence-corrected chi connectivity index (χ2v) is 3.20. The zero-order chi connectivity index (χ0) is 12.0. The van der Waals surface area contributed by atoms with E-state index in [0.29, 0.717) is 11.1 Å². The van der Waals surface area contributed by atoms with Gasteiger partial charge in [-0.3, -0.25) is 15.1 Å². The highest BCUT2D eigenvalue weighted by atomic mass is 128. The smallest absolute Gasteiger partial charge is 0.190 e. The summed E-state index contributed by atoms with van der Waals surface area (Å²) < 4.78 is 0. The fourth-order valence-electron chi connectivity index (χ4n) is 1.28. The van der Waals surface area contributed by atoms with Gasteiger partial charge in [0.25, 0.3) is 0 Å². The van der Waals surface area contributed by atoms with Crippen molar-refractivity contribution in [2.24, 2.45) is 0 Å². The van der Waals surface area contributed by atoms with Crippen LogP contribution in [-0.4, -0.2) is 23.1 Å². The number of Topliss-reactive ketones (excluding diaryl/α,β-unsaturated/α-hetero) is 1. The molecule has 0 heterocycles. The van der Waals surface area contributed by atoms with Gasteiger partial charge in [0.1, 0.15) is 0 Å². The number of hydroxylamine groups is 2. The molecular formula is C10H13I2NO2. The third-order valence-electron chi connectivity index (χ3n) is 1.77. The van der Waals surface area contributed by atoms with Crippen molar-refractivity contribution in [1.29, 1.82) is 0 Å². The van der Waals surface area contributed by atoms with E-state index < -0.39 is 0 Å². The van der Waals surface area contributed by atoms with Crippen LogP contribution in [0.25, 0.3) is 0 Å². The topological polar surface area (TPSA) is 40.5 Å². The minimum absolute atomic E-state index is 0.0356. The molecule has 5 heteroatoms. The maximum absolute atomic E-state index is 11.5. The van der Waals surface area contributed by atoms with Gasteiger partial charge in [-0.2, -0.15) is 0 Å². The highest BCUT2D eigenvalue weighted by molar-refractivity contribution is 15.0. The average Bonchev–Trinajstić information content (AvgIpc) is 2.16. The van der Waals surface area contributed by atoms with Gasteiger partial charge in [-0.25, -0.2) is 0 Å². The second-order valence-electron chi connectivity index (χ2n) is 3.20. The lowest BCUT2D eigenvalue weighted by atomic mass is 9.96. The summed E-state index contributed by atoms with van der Waals surface area (Å²) in [7, 11) is 1.47. The van der Waals surface area contributed by atoms with E-state index in [2.05, 4.69) is 37.2 Å². The average molecular weight is 433 g/mol. The van der Waals surface area contributed by atoms with Gasteiger partial charge < -0.3 is 0 Å². The Morgan fingerprint density at radius 2 is 1.87 bits per heavy atom. The second kappa shape index (κ2) is 7.39. The molecule has 3 nitrogen and oxygen atoms in total. The van der Waals surface area contributed by atoms with Crippen molar-refractivity contribution >= 4 is 43.0 Å². The zero-order valence-corrected chi connectivity index (χ0v) is 13.1. The Balaban J connectivity index is 0.000000921. The van der Waals surface area contributed by atoms with Crippen LogP contribution in [0.1, 0.15) is 13.8 Å². The quantitative estimate of drug-likeness (QED) is 0.392. The largest absolute Gasteiger partial charge is 0.289 e. The predicted octanol–water partition coefficient (Wildman–Crippen LogP) is 3.44. The van der Waals surface area contributed by atoms with Crippen LogP contribution in [0.4, 0.5) is 0 Å². The van der Waals surface area contributed by atoms with E-state index in [4.69, 9.17) is 5.21 Å². The number of ketones is 1. The summed E-state index contributed by atoms with van der Waals surface area (Å²) in [5.41, 5.74) is 2.24. The molecule has 1 aliphatic rings.